The van der Waals surface area contributed by atoms with Crippen LogP contribution in [-0.4, -0.2) is 19.7 Å². The molecular formula is C23H23N5. The molecule has 0 aliphatic heterocycles. The molecule has 2 aromatic carbocycles. The Hall–Kier alpha value is -3.47. The molecule has 0 atom stereocenters. The molecule has 1 N–H and O–H groups in total. The van der Waals surface area contributed by atoms with Crippen LogP contribution in [0.4, 0.5) is 5.82 Å². The van der Waals surface area contributed by atoms with E-state index in [0.29, 0.717) is 6.54 Å². The Kier molecular flexibility index (Phi) is 5.15. The Morgan fingerprint density at radius 1 is 0.929 bits per heavy atom. The maximum absolute atomic E-state index is 4.87. The summed E-state index contributed by atoms with van der Waals surface area (Å²) >= 11 is 0. The molecule has 0 unspecified atom stereocenters. The average Bonchev–Trinajstić information content (AvgIpc) is 3.12. The van der Waals surface area contributed by atoms with Crippen LogP contribution in [0.25, 0.3) is 11.3 Å². The second-order valence-corrected chi connectivity index (χ2v) is 6.85. The van der Waals surface area contributed by atoms with Gasteiger partial charge in [-0.15, -0.1) is 0 Å². The summed E-state index contributed by atoms with van der Waals surface area (Å²) in [4.78, 5) is 8.95. The molecule has 5 heteroatoms. The van der Waals surface area contributed by atoms with E-state index in [4.69, 9.17) is 5.10 Å². The fourth-order valence-electron chi connectivity index (χ4n) is 3.17. The summed E-state index contributed by atoms with van der Waals surface area (Å²) in [6.07, 6.45) is 3.90. The van der Waals surface area contributed by atoms with Crippen LogP contribution in [0.15, 0.2) is 73.1 Å². The van der Waals surface area contributed by atoms with Crippen molar-refractivity contribution in [2.24, 2.45) is 0 Å². The minimum atomic E-state index is 0.637. The van der Waals surface area contributed by atoms with Crippen molar-refractivity contribution in [3.63, 3.8) is 0 Å². The van der Waals surface area contributed by atoms with Gasteiger partial charge in [-0.05, 0) is 19.4 Å². The van der Waals surface area contributed by atoms with Gasteiger partial charge in [-0.2, -0.15) is 5.10 Å². The van der Waals surface area contributed by atoms with E-state index < -0.39 is 0 Å². The topological polar surface area (TPSA) is 55.6 Å². The van der Waals surface area contributed by atoms with Gasteiger partial charge in [0.15, 0.2) is 0 Å². The number of hydrogen-bond acceptors (Lipinski definition) is 4. The monoisotopic (exact) mass is 369 g/mol. The molecule has 2 heterocycles. The molecule has 0 amide bonds. The van der Waals surface area contributed by atoms with Crippen molar-refractivity contribution in [1.82, 2.24) is 19.7 Å². The molecule has 0 saturated carbocycles. The van der Waals surface area contributed by atoms with Crippen LogP contribution in [0.2, 0.25) is 0 Å². The Labute approximate surface area is 165 Å². The number of rotatable bonds is 6. The van der Waals surface area contributed by atoms with Crippen LogP contribution in [-0.2, 0) is 13.1 Å². The molecule has 2 aromatic heterocycles. The van der Waals surface area contributed by atoms with Gasteiger partial charge in [0.1, 0.15) is 5.82 Å². The molecule has 4 rings (SSSR count). The Bertz CT molecular complexity index is 1060. The van der Waals surface area contributed by atoms with Crippen molar-refractivity contribution in [2.75, 3.05) is 5.32 Å². The van der Waals surface area contributed by atoms with E-state index in [-0.39, 0.29) is 0 Å². The molecule has 0 bridgehead atoms. The van der Waals surface area contributed by atoms with E-state index in [1.807, 2.05) is 42.8 Å². The normalized spacial score (nSPS) is 10.8. The second kappa shape index (κ2) is 8.05. The minimum Gasteiger partial charge on any atom is -0.364 e. The van der Waals surface area contributed by atoms with Crippen molar-refractivity contribution in [3.05, 3.63) is 95.6 Å². The third-order valence-electron chi connectivity index (χ3n) is 4.59. The zero-order chi connectivity index (χ0) is 19.3. The second-order valence-electron chi connectivity index (χ2n) is 6.85. The van der Waals surface area contributed by atoms with Gasteiger partial charge in [0.25, 0.3) is 0 Å². The third kappa shape index (κ3) is 4.09. The van der Waals surface area contributed by atoms with Crippen LogP contribution >= 0.6 is 0 Å². The van der Waals surface area contributed by atoms with Gasteiger partial charge in [-0.1, -0.05) is 60.7 Å². The lowest BCUT2D eigenvalue weighted by atomic mass is 10.1. The Balaban J connectivity index is 1.63. The summed E-state index contributed by atoms with van der Waals surface area (Å²) in [6, 6.07) is 20.7. The maximum Gasteiger partial charge on any atom is 0.148 e. The lowest BCUT2D eigenvalue weighted by molar-refractivity contribution is 0.688. The van der Waals surface area contributed by atoms with Crippen molar-refractivity contribution >= 4 is 5.82 Å². The standard InChI is InChI=1S/C23H23N5/c1-17-13-24-18(2)23(26-17)25-14-21-16-28(15-19-9-5-3-6-10-19)27-22(21)20-11-7-4-8-12-20/h3-13,16H,14-15H2,1-2H3,(H,25,26). The number of aryl methyl sites for hydroxylation is 2. The smallest absolute Gasteiger partial charge is 0.148 e. The summed E-state index contributed by atoms with van der Waals surface area (Å²) in [5, 5.41) is 8.30. The molecule has 0 saturated heterocycles. The minimum absolute atomic E-state index is 0.637. The van der Waals surface area contributed by atoms with Crippen LogP contribution in [0, 0.1) is 13.8 Å². The third-order valence-corrected chi connectivity index (χ3v) is 4.59. The SMILES string of the molecule is Cc1cnc(C)c(NCc2cn(Cc3ccccc3)nc2-c2ccccc2)n1. The molecule has 0 aliphatic carbocycles. The van der Waals surface area contributed by atoms with Gasteiger partial charge >= 0.3 is 0 Å². The molecule has 4 aromatic rings. The van der Waals surface area contributed by atoms with Crippen LogP contribution < -0.4 is 5.32 Å². The summed E-state index contributed by atoms with van der Waals surface area (Å²) < 4.78 is 2.00. The van der Waals surface area contributed by atoms with Crippen LogP contribution in [0.5, 0.6) is 0 Å². The van der Waals surface area contributed by atoms with Crippen molar-refractivity contribution in [2.45, 2.75) is 26.9 Å². The fraction of sp³-hybridized carbons (Fsp3) is 0.174. The predicted octanol–water partition coefficient (Wildman–Crippen LogP) is 4.62. The highest BCUT2D eigenvalue weighted by Crippen LogP contribution is 2.23. The lowest BCUT2D eigenvalue weighted by Gasteiger charge is -2.08. The van der Waals surface area contributed by atoms with Crippen molar-refractivity contribution in [1.29, 1.82) is 0 Å². The molecular weight excluding hydrogens is 346 g/mol. The number of benzene rings is 2. The van der Waals surface area contributed by atoms with Crippen molar-refractivity contribution < 1.29 is 0 Å². The van der Waals surface area contributed by atoms with E-state index in [2.05, 4.69) is 57.9 Å². The molecule has 5 nitrogen and oxygen atoms in total. The summed E-state index contributed by atoms with van der Waals surface area (Å²) in [7, 11) is 0. The van der Waals surface area contributed by atoms with Gasteiger partial charge in [0.05, 0.1) is 23.6 Å². The highest BCUT2D eigenvalue weighted by Gasteiger charge is 2.12. The highest BCUT2D eigenvalue weighted by molar-refractivity contribution is 5.63. The average molecular weight is 369 g/mol. The molecule has 0 aliphatic rings. The van der Waals surface area contributed by atoms with Gasteiger partial charge in [0.2, 0.25) is 0 Å². The van der Waals surface area contributed by atoms with E-state index in [1.54, 1.807) is 6.20 Å². The van der Waals surface area contributed by atoms with E-state index >= 15 is 0 Å². The van der Waals surface area contributed by atoms with Crippen LogP contribution in [0.3, 0.4) is 0 Å². The van der Waals surface area contributed by atoms with Gasteiger partial charge in [-0.3, -0.25) is 9.67 Å². The number of aromatic nitrogens is 4. The Morgan fingerprint density at radius 2 is 1.64 bits per heavy atom. The summed E-state index contributed by atoms with van der Waals surface area (Å²) in [6.45, 7) is 5.29. The largest absolute Gasteiger partial charge is 0.364 e. The van der Waals surface area contributed by atoms with Crippen LogP contribution in [0.1, 0.15) is 22.5 Å². The predicted molar refractivity (Wildman–Crippen MR) is 112 cm³/mol. The quantitative estimate of drug-likeness (QED) is 0.539. The van der Waals surface area contributed by atoms with E-state index in [9.17, 15) is 0 Å². The van der Waals surface area contributed by atoms with Gasteiger partial charge in [-0.25, -0.2) is 4.98 Å². The number of nitrogens with one attached hydrogen (secondary N) is 1. The number of hydrogen-bond donors (Lipinski definition) is 1. The van der Waals surface area contributed by atoms with Gasteiger partial charge in [0, 0.05) is 30.1 Å². The van der Waals surface area contributed by atoms with E-state index in [0.717, 1.165) is 40.6 Å². The Morgan fingerprint density at radius 3 is 2.39 bits per heavy atom. The maximum atomic E-state index is 4.87. The molecule has 0 spiro atoms. The van der Waals surface area contributed by atoms with E-state index in [1.165, 1.54) is 5.56 Å². The molecule has 28 heavy (non-hydrogen) atoms. The molecule has 0 radical (unpaired) electrons. The van der Waals surface area contributed by atoms with Gasteiger partial charge < -0.3 is 5.32 Å². The lowest BCUT2D eigenvalue weighted by Crippen LogP contribution is -2.05. The molecule has 0 fully saturated rings. The first-order valence-corrected chi connectivity index (χ1v) is 9.39. The number of nitrogens with zero attached hydrogens (tertiary/aromatic N) is 4. The first-order valence-electron chi connectivity index (χ1n) is 9.39. The molecule has 140 valence electrons. The highest BCUT2D eigenvalue weighted by atomic mass is 15.3. The summed E-state index contributed by atoms with van der Waals surface area (Å²) in [5.41, 5.74) is 6.24. The first kappa shape index (κ1) is 17.9. The zero-order valence-electron chi connectivity index (χ0n) is 16.1. The first-order chi connectivity index (χ1) is 13.7. The zero-order valence-corrected chi connectivity index (χ0v) is 16.1. The fourth-order valence-corrected chi connectivity index (χ4v) is 3.17. The number of anilines is 1. The summed E-state index contributed by atoms with van der Waals surface area (Å²) in [5.74, 6) is 0.815. The van der Waals surface area contributed by atoms with Crippen molar-refractivity contribution in [3.8, 4) is 11.3 Å².